The van der Waals surface area contributed by atoms with Gasteiger partial charge in [0, 0.05) is 39.3 Å². The summed E-state index contributed by atoms with van der Waals surface area (Å²) in [5, 5.41) is 3.07. The lowest BCUT2D eigenvalue weighted by Crippen LogP contribution is -2.10. The molecule has 0 radical (unpaired) electrons. The highest BCUT2D eigenvalue weighted by atomic mass is 32.1. The van der Waals surface area contributed by atoms with Crippen molar-refractivity contribution in [3.63, 3.8) is 0 Å². The summed E-state index contributed by atoms with van der Waals surface area (Å²) >= 11 is 1.68. The number of thiophene rings is 1. The molecule has 3 N–H and O–H groups in total. The van der Waals surface area contributed by atoms with E-state index < -0.39 is 5.91 Å². The van der Waals surface area contributed by atoms with Gasteiger partial charge >= 0.3 is 0 Å². The summed E-state index contributed by atoms with van der Waals surface area (Å²) in [6.07, 6.45) is 3.78. The van der Waals surface area contributed by atoms with Crippen LogP contribution in [0.5, 0.6) is 0 Å². The Morgan fingerprint density at radius 2 is 2.04 bits per heavy atom. The Hall–Kier alpha value is -2.92. The van der Waals surface area contributed by atoms with E-state index in [1.807, 2.05) is 42.0 Å². The summed E-state index contributed by atoms with van der Waals surface area (Å²) in [5.74, 6) is -0.427. The predicted molar refractivity (Wildman–Crippen MR) is 93.4 cm³/mol. The molecule has 0 aliphatic carbocycles. The molecule has 0 aliphatic rings. The van der Waals surface area contributed by atoms with E-state index in [0.717, 1.165) is 27.7 Å². The number of pyridine rings is 1. The lowest BCUT2D eigenvalue weighted by Gasteiger charge is -2.03. The minimum atomic E-state index is -0.427. The van der Waals surface area contributed by atoms with Crippen molar-refractivity contribution in [3.8, 4) is 21.6 Å². The van der Waals surface area contributed by atoms with Crippen LogP contribution in [0, 0.1) is 0 Å². The molecule has 0 aliphatic heterocycles. The van der Waals surface area contributed by atoms with Gasteiger partial charge < -0.3 is 10.7 Å². The highest BCUT2D eigenvalue weighted by Gasteiger charge is 2.11. The van der Waals surface area contributed by atoms with Crippen molar-refractivity contribution < 1.29 is 4.79 Å². The number of hydrogen-bond donors (Lipinski definition) is 2. The number of aromatic amines is 1. The molecule has 1 amide bonds. The number of fused-ring (bicyclic) bond motifs is 1. The standard InChI is InChI=1S/C18H13N3OS/c19-17(22)12-4-1-3-11(7-12)15-10-21-18-14(15)8-13(9-20-18)16-5-2-6-23-16/h1-10H,(H2,19,22)(H,20,21). The third-order valence-corrected chi connectivity index (χ3v) is 4.71. The maximum Gasteiger partial charge on any atom is 0.248 e. The molecular formula is C18H13N3OS. The largest absolute Gasteiger partial charge is 0.366 e. The first-order valence-corrected chi connectivity index (χ1v) is 8.01. The number of aromatic nitrogens is 2. The number of nitrogens with two attached hydrogens (primary N) is 1. The van der Waals surface area contributed by atoms with Gasteiger partial charge in [0.25, 0.3) is 0 Å². The second-order valence-electron chi connectivity index (χ2n) is 5.24. The second-order valence-corrected chi connectivity index (χ2v) is 6.19. The number of amides is 1. The van der Waals surface area contributed by atoms with E-state index in [1.165, 1.54) is 4.88 Å². The molecule has 0 bridgehead atoms. The molecule has 0 unspecified atom stereocenters. The van der Waals surface area contributed by atoms with Crippen molar-refractivity contribution in [1.29, 1.82) is 0 Å². The Kier molecular flexibility index (Phi) is 3.20. The van der Waals surface area contributed by atoms with Gasteiger partial charge in [0.2, 0.25) is 5.91 Å². The maximum absolute atomic E-state index is 11.4. The van der Waals surface area contributed by atoms with Gasteiger partial charge in [-0.25, -0.2) is 4.98 Å². The molecular weight excluding hydrogens is 306 g/mol. The predicted octanol–water partition coefficient (Wildman–Crippen LogP) is 4.06. The molecule has 1 aromatic carbocycles. The number of primary amides is 1. The number of carbonyl (C=O) groups excluding carboxylic acids is 1. The fraction of sp³-hybridized carbons (Fsp3) is 0. The summed E-state index contributed by atoms with van der Waals surface area (Å²) in [7, 11) is 0. The van der Waals surface area contributed by atoms with Crippen LogP contribution in [-0.4, -0.2) is 15.9 Å². The van der Waals surface area contributed by atoms with E-state index in [1.54, 1.807) is 17.4 Å². The summed E-state index contributed by atoms with van der Waals surface area (Å²) in [6.45, 7) is 0. The molecule has 3 heterocycles. The van der Waals surface area contributed by atoms with Crippen LogP contribution in [-0.2, 0) is 0 Å². The Morgan fingerprint density at radius 3 is 2.83 bits per heavy atom. The number of benzene rings is 1. The molecule has 0 saturated carbocycles. The zero-order valence-electron chi connectivity index (χ0n) is 12.1. The van der Waals surface area contributed by atoms with E-state index in [-0.39, 0.29) is 0 Å². The van der Waals surface area contributed by atoms with Crippen molar-refractivity contribution in [2.45, 2.75) is 0 Å². The van der Waals surface area contributed by atoms with Crippen molar-refractivity contribution in [3.05, 3.63) is 65.8 Å². The molecule has 0 atom stereocenters. The summed E-state index contributed by atoms with van der Waals surface area (Å²) < 4.78 is 0. The fourth-order valence-electron chi connectivity index (χ4n) is 2.66. The van der Waals surface area contributed by atoms with Gasteiger partial charge in [-0.1, -0.05) is 18.2 Å². The van der Waals surface area contributed by atoms with E-state index in [0.29, 0.717) is 5.56 Å². The summed E-state index contributed by atoms with van der Waals surface area (Å²) in [6, 6.07) is 13.6. The highest BCUT2D eigenvalue weighted by Crippen LogP contribution is 2.32. The van der Waals surface area contributed by atoms with Crippen molar-refractivity contribution >= 4 is 28.3 Å². The van der Waals surface area contributed by atoms with Crippen molar-refractivity contribution in [2.75, 3.05) is 0 Å². The van der Waals surface area contributed by atoms with E-state index in [2.05, 4.69) is 22.1 Å². The molecule has 0 saturated heterocycles. The Labute approximate surface area is 136 Å². The molecule has 4 rings (SSSR count). The number of rotatable bonds is 3. The summed E-state index contributed by atoms with van der Waals surface area (Å²) in [5.41, 5.74) is 9.74. The smallest absolute Gasteiger partial charge is 0.248 e. The van der Waals surface area contributed by atoms with Crippen molar-refractivity contribution in [2.24, 2.45) is 5.73 Å². The molecule has 5 heteroatoms. The third kappa shape index (κ3) is 2.41. The number of hydrogen-bond acceptors (Lipinski definition) is 3. The Balaban J connectivity index is 1.89. The molecule has 4 nitrogen and oxygen atoms in total. The van der Waals surface area contributed by atoms with Crippen LogP contribution in [0.15, 0.2) is 60.2 Å². The van der Waals surface area contributed by atoms with Gasteiger partial charge in [-0.2, -0.15) is 0 Å². The third-order valence-electron chi connectivity index (χ3n) is 3.79. The van der Waals surface area contributed by atoms with Crippen molar-refractivity contribution in [1.82, 2.24) is 9.97 Å². The molecule has 23 heavy (non-hydrogen) atoms. The molecule has 3 aromatic heterocycles. The maximum atomic E-state index is 11.4. The first kappa shape index (κ1) is 13.7. The zero-order valence-corrected chi connectivity index (χ0v) is 12.9. The van der Waals surface area contributed by atoms with Gasteiger partial charge in [0.15, 0.2) is 0 Å². The van der Waals surface area contributed by atoms with Gasteiger partial charge in [0.05, 0.1) is 0 Å². The number of H-pyrrole nitrogens is 1. The van der Waals surface area contributed by atoms with Crippen LogP contribution in [0.2, 0.25) is 0 Å². The highest BCUT2D eigenvalue weighted by molar-refractivity contribution is 7.13. The van der Waals surface area contributed by atoms with Gasteiger partial charge in [-0.15, -0.1) is 11.3 Å². The van der Waals surface area contributed by atoms with Crippen LogP contribution >= 0.6 is 11.3 Å². The SMILES string of the molecule is NC(=O)c1cccc(-c2c[nH]c3ncc(-c4cccs4)cc23)c1. The van der Waals surface area contributed by atoms with Crippen LogP contribution in [0.4, 0.5) is 0 Å². The summed E-state index contributed by atoms with van der Waals surface area (Å²) in [4.78, 5) is 20.3. The zero-order chi connectivity index (χ0) is 15.8. The Morgan fingerprint density at radius 1 is 1.13 bits per heavy atom. The monoisotopic (exact) mass is 319 g/mol. The van der Waals surface area contributed by atoms with Gasteiger partial charge in [-0.3, -0.25) is 4.79 Å². The van der Waals surface area contributed by atoms with Gasteiger partial charge in [-0.05, 0) is 35.2 Å². The minimum Gasteiger partial charge on any atom is -0.366 e. The number of nitrogens with one attached hydrogen (secondary N) is 1. The van der Waals surface area contributed by atoms with E-state index in [9.17, 15) is 4.79 Å². The molecule has 0 spiro atoms. The first-order valence-electron chi connectivity index (χ1n) is 7.13. The second kappa shape index (κ2) is 5.37. The molecule has 112 valence electrons. The topological polar surface area (TPSA) is 71.8 Å². The normalized spacial score (nSPS) is 11.0. The number of nitrogens with zero attached hydrogens (tertiary/aromatic N) is 1. The lowest BCUT2D eigenvalue weighted by molar-refractivity contribution is 0.100. The van der Waals surface area contributed by atoms with Crippen LogP contribution in [0.3, 0.4) is 0 Å². The fourth-order valence-corrected chi connectivity index (χ4v) is 3.37. The van der Waals surface area contributed by atoms with E-state index >= 15 is 0 Å². The van der Waals surface area contributed by atoms with Crippen LogP contribution in [0.25, 0.3) is 32.6 Å². The van der Waals surface area contributed by atoms with Crippen LogP contribution in [0.1, 0.15) is 10.4 Å². The average molecular weight is 319 g/mol. The first-order chi connectivity index (χ1) is 11.2. The van der Waals surface area contributed by atoms with E-state index in [4.69, 9.17) is 5.73 Å². The Bertz CT molecular complexity index is 1000. The average Bonchev–Trinajstić information content (AvgIpc) is 3.24. The molecule has 0 fully saturated rings. The number of carbonyl (C=O) groups is 1. The molecule has 4 aromatic rings. The lowest BCUT2D eigenvalue weighted by atomic mass is 10.0. The quantitative estimate of drug-likeness (QED) is 0.598. The van der Waals surface area contributed by atoms with Crippen LogP contribution < -0.4 is 5.73 Å². The minimum absolute atomic E-state index is 0.427. The van der Waals surface area contributed by atoms with Gasteiger partial charge in [0.1, 0.15) is 5.65 Å².